The second kappa shape index (κ2) is 4.73. The van der Waals surface area contributed by atoms with Crippen molar-refractivity contribution in [2.45, 2.75) is 12.3 Å². The van der Waals surface area contributed by atoms with Gasteiger partial charge in [0.2, 0.25) is 0 Å². The fraction of sp³-hybridized carbons (Fsp3) is 0.500. The Labute approximate surface area is 89.7 Å². The van der Waals surface area contributed by atoms with E-state index in [4.69, 9.17) is 5.73 Å². The van der Waals surface area contributed by atoms with Crippen LogP contribution in [0, 0.1) is 11.7 Å². The zero-order chi connectivity index (χ0) is 10.7. The minimum absolute atomic E-state index is 0.170. The molecule has 2 unspecified atom stereocenters. The fourth-order valence-corrected chi connectivity index (χ4v) is 2.36. The molecule has 0 aliphatic carbocycles. The maximum absolute atomic E-state index is 13.1. The Morgan fingerprint density at radius 2 is 2.40 bits per heavy atom. The molecule has 3 N–H and O–H groups in total. The first kappa shape index (κ1) is 10.6. The lowest BCUT2D eigenvalue weighted by molar-refractivity contribution is 0.462. The monoisotopic (exact) mass is 208 g/mol. The van der Waals surface area contributed by atoms with E-state index in [2.05, 4.69) is 5.32 Å². The van der Waals surface area contributed by atoms with Gasteiger partial charge >= 0.3 is 0 Å². The number of benzene rings is 1. The van der Waals surface area contributed by atoms with Crippen molar-refractivity contribution in [3.05, 3.63) is 35.6 Å². The van der Waals surface area contributed by atoms with Crippen molar-refractivity contribution >= 4 is 0 Å². The highest BCUT2D eigenvalue weighted by molar-refractivity contribution is 5.22. The molecule has 15 heavy (non-hydrogen) atoms. The lowest BCUT2D eigenvalue weighted by Crippen LogP contribution is -2.23. The maximum Gasteiger partial charge on any atom is 0.123 e. The molecule has 2 atom stereocenters. The summed E-state index contributed by atoms with van der Waals surface area (Å²) < 4.78 is 13.1. The van der Waals surface area contributed by atoms with Crippen LogP contribution in [0.1, 0.15) is 17.9 Å². The van der Waals surface area contributed by atoms with Crippen molar-refractivity contribution in [3.8, 4) is 0 Å². The summed E-state index contributed by atoms with van der Waals surface area (Å²) in [6.07, 6.45) is 1.14. The zero-order valence-corrected chi connectivity index (χ0v) is 8.75. The molecule has 1 aliphatic heterocycles. The van der Waals surface area contributed by atoms with Gasteiger partial charge in [0.05, 0.1) is 0 Å². The van der Waals surface area contributed by atoms with Crippen LogP contribution < -0.4 is 11.1 Å². The van der Waals surface area contributed by atoms with Crippen molar-refractivity contribution in [3.63, 3.8) is 0 Å². The van der Waals surface area contributed by atoms with Gasteiger partial charge in [0.15, 0.2) is 0 Å². The molecule has 0 saturated carbocycles. The van der Waals surface area contributed by atoms with Gasteiger partial charge in [-0.1, -0.05) is 12.1 Å². The molecule has 0 radical (unpaired) electrons. The van der Waals surface area contributed by atoms with Crippen LogP contribution >= 0.6 is 0 Å². The first-order valence-electron chi connectivity index (χ1n) is 5.47. The van der Waals surface area contributed by atoms with Crippen molar-refractivity contribution in [1.82, 2.24) is 5.32 Å². The molecule has 1 saturated heterocycles. The lowest BCUT2D eigenvalue weighted by atomic mass is 9.85. The Kier molecular flexibility index (Phi) is 3.34. The summed E-state index contributed by atoms with van der Waals surface area (Å²) in [5.74, 6) is 0.671. The van der Waals surface area contributed by atoms with Crippen LogP contribution in [0.5, 0.6) is 0 Å². The summed E-state index contributed by atoms with van der Waals surface area (Å²) in [4.78, 5) is 0. The normalized spacial score (nSPS) is 22.9. The summed E-state index contributed by atoms with van der Waals surface area (Å²) in [6, 6.07) is 6.81. The van der Waals surface area contributed by atoms with E-state index in [-0.39, 0.29) is 11.7 Å². The summed E-state index contributed by atoms with van der Waals surface area (Å²) in [5, 5.41) is 3.32. The molecule has 2 rings (SSSR count). The summed E-state index contributed by atoms with van der Waals surface area (Å²) in [5.41, 5.74) is 6.82. The molecule has 2 nitrogen and oxygen atoms in total. The number of nitrogens with two attached hydrogens (primary N) is 1. The van der Waals surface area contributed by atoms with E-state index in [0.29, 0.717) is 12.5 Å². The first-order chi connectivity index (χ1) is 7.31. The minimum atomic E-state index is -0.170. The molecular formula is C12H17FN2. The smallest absolute Gasteiger partial charge is 0.123 e. The van der Waals surface area contributed by atoms with Gasteiger partial charge in [-0.3, -0.25) is 0 Å². The average molecular weight is 208 g/mol. The van der Waals surface area contributed by atoms with Crippen LogP contribution in [0.4, 0.5) is 4.39 Å². The van der Waals surface area contributed by atoms with Gasteiger partial charge in [-0.15, -0.1) is 0 Å². The second-order valence-electron chi connectivity index (χ2n) is 4.15. The summed E-state index contributed by atoms with van der Waals surface area (Å²) >= 11 is 0. The number of rotatable bonds is 3. The Bertz CT molecular complexity index is 321. The number of nitrogens with one attached hydrogen (secondary N) is 1. The topological polar surface area (TPSA) is 38.0 Å². The fourth-order valence-electron chi connectivity index (χ4n) is 2.36. The summed E-state index contributed by atoms with van der Waals surface area (Å²) in [7, 11) is 0. The van der Waals surface area contributed by atoms with E-state index in [1.165, 1.54) is 6.07 Å². The van der Waals surface area contributed by atoms with E-state index in [1.807, 2.05) is 6.07 Å². The Morgan fingerprint density at radius 3 is 3.00 bits per heavy atom. The van der Waals surface area contributed by atoms with Crippen LogP contribution in [0.25, 0.3) is 0 Å². The third-order valence-electron chi connectivity index (χ3n) is 3.20. The lowest BCUT2D eigenvalue weighted by Gasteiger charge is -2.21. The van der Waals surface area contributed by atoms with Crippen molar-refractivity contribution in [2.75, 3.05) is 19.6 Å². The standard InChI is InChI=1S/C12H17FN2/c13-11-3-1-2-9(6-11)12(7-14)10-4-5-15-8-10/h1-3,6,10,12,15H,4-5,7-8,14H2. The minimum Gasteiger partial charge on any atom is -0.330 e. The number of hydrogen-bond donors (Lipinski definition) is 2. The molecular weight excluding hydrogens is 191 g/mol. The molecule has 1 aromatic rings. The largest absolute Gasteiger partial charge is 0.330 e. The van der Waals surface area contributed by atoms with E-state index < -0.39 is 0 Å². The molecule has 0 aromatic heterocycles. The molecule has 3 heteroatoms. The molecule has 82 valence electrons. The van der Waals surface area contributed by atoms with Crippen molar-refractivity contribution in [1.29, 1.82) is 0 Å². The Balaban J connectivity index is 2.18. The van der Waals surface area contributed by atoms with Crippen LogP contribution in [0.15, 0.2) is 24.3 Å². The zero-order valence-electron chi connectivity index (χ0n) is 8.75. The van der Waals surface area contributed by atoms with Crippen molar-refractivity contribution < 1.29 is 4.39 Å². The van der Waals surface area contributed by atoms with Crippen LogP contribution in [-0.4, -0.2) is 19.6 Å². The van der Waals surface area contributed by atoms with Gasteiger partial charge in [0.25, 0.3) is 0 Å². The molecule has 0 amide bonds. The molecule has 1 heterocycles. The highest BCUT2D eigenvalue weighted by atomic mass is 19.1. The van der Waals surface area contributed by atoms with Crippen LogP contribution in [0.2, 0.25) is 0 Å². The third-order valence-corrected chi connectivity index (χ3v) is 3.20. The third kappa shape index (κ3) is 2.36. The van der Waals surface area contributed by atoms with Gasteiger partial charge in [0, 0.05) is 5.92 Å². The molecule has 0 spiro atoms. The number of hydrogen-bond acceptors (Lipinski definition) is 2. The molecule has 1 aromatic carbocycles. The van der Waals surface area contributed by atoms with E-state index in [0.717, 1.165) is 25.1 Å². The van der Waals surface area contributed by atoms with Gasteiger partial charge in [0.1, 0.15) is 5.82 Å². The van der Waals surface area contributed by atoms with Crippen molar-refractivity contribution in [2.24, 2.45) is 11.7 Å². The van der Waals surface area contributed by atoms with Gasteiger partial charge in [-0.25, -0.2) is 4.39 Å². The molecule has 1 fully saturated rings. The molecule has 1 aliphatic rings. The van der Waals surface area contributed by atoms with Crippen LogP contribution in [-0.2, 0) is 0 Å². The number of halogens is 1. The maximum atomic E-state index is 13.1. The highest BCUT2D eigenvalue weighted by Crippen LogP contribution is 2.28. The second-order valence-corrected chi connectivity index (χ2v) is 4.15. The summed E-state index contributed by atoms with van der Waals surface area (Å²) in [6.45, 7) is 2.64. The van der Waals surface area contributed by atoms with E-state index >= 15 is 0 Å². The highest BCUT2D eigenvalue weighted by Gasteiger charge is 2.25. The predicted molar refractivity (Wildman–Crippen MR) is 59.2 cm³/mol. The van der Waals surface area contributed by atoms with Gasteiger partial charge in [-0.2, -0.15) is 0 Å². The average Bonchev–Trinajstić information content (AvgIpc) is 2.72. The predicted octanol–water partition coefficient (Wildman–Crippen LogP) is 1.48. The van der Waals surface area contributed by atoms with Gasteiger partial charge in [-0.05, 0) is 49.7 Å². The van der Waals surface area contributed by atoms with Gasteiger partial charge < -0.3 is 11.1 Å². The van der Waals surface area contributed by atoms with E-state index in [1.54, 1.807) is 12.1 Å². The van der Waals surface area contributed by atoms with Crippen LogP contribution in [0.3, 0.4) is 0 Å². The van der Waals surface area contributed by atoms with E-state index in [9.17, 15) is 4.39 Å². The molecule has 0 bridgehead atoms. The first-order valence-corrected chi connectivity index (χ1v) is 5.47. The Morgan fingerprint density at radius 1 is 1.53 bits per heavy atom. The quantitative estimate of drug-likeness (QED) is 0.789. The SMILES string of the molecule is NCC(c1cccc(F)c1)C1CCNC1. The Hall–Kier alpha value is -0.930.